The molecule has 0 heterocycles. The number of unbranched alkanes of at least 4 members (excludes halogenated alkanes) is 1. The van der Waals surface area contributed by atoms with E-state index in [1.54, 1.807) is 0 Å². The van der Waals surface area contributed by atoms with Gasteiger partial charge in [-0.3, -0.25) is 0 Å². The molecule has 0 radical (unpaired) electrons. The van der Waals surface area contributed by atoms with Gasteiger partial charge in [-0.1, -0.05) is 6.92 Å². The Morgan fingerprint density at radius 2 is 2.18 bits per heavy atom. The molecule has 0 rings (SSSR count). The van der Waals surface area contributed by atoms with Crippen LogP contribution in [0.3, 0.4) is 0 Å². The first-order chi connectivity index (χ1) is 5.35. The molecule has 0 atom stereocenters. The molecule has 0 amide bonds. The van der Waals surface area contributed by atoms with Crippen molar-refractivity contribution in [1.29, 1.82) is 0 Å². The first-order valence-corrected chi connectivity index (χ1v) is 4.24. The Morgan fingerprint density at radius 3 is 2.64 bits per heavy atom. The summed E-state index contributed by atoms with van der Waals surface area (Å²) in [6, 6.07) is 0. The molecule has 66 valence electrons. The van der Waals surface area contributed by atoms with Crippen LogP contribution in [-0.4, -0.2) is 18.3 Å². The van der Waals surface area contributed by atoms with Gasteiger partial charge >= 0.3 is 0 Å². The Hall–Kier alpha value is -0.500. The summed E-state index contributed by atoms with van der Waals surface area (Å²) in [6.45, 7) is 5.04. The van der Waals surface area contributed by atoms with E-state index >= 15 is 0 Å². The molecule has 0 fully saturated rings. The maximum atomic E-state index is 8.48. The van der Waals surface area contributed by atoms with Crippen molar-refractivity contribution in [3.63, 3.8) is 0 Å². The monoisotopic (exact) mass is 158 g/mol. The topological polar surface area (TPSA) is 29.5 Å². The average molecular weight is 158 g/mol. The van der Waals surface area contributed by atoms with E-state index in [1.165, 1.54) is 0 Å². The van der Waals surface area contributed by atoms with Gasteiger partial charge in [0, 0.05) is 13.0 Å². The maximum absolute atomic E-state index is 8.48. The van der Waals surface area contributed by atoms with Gasteiger partial charge in [0.2, 0.25) is 0 Å². The molecule has 0 aliphatic heterocycles. The zero-order chi connectivity index (χ0) is 8.53. The summed E-state index contributed by atoms with van der Waals surface area (Å²) in [5.41, 5.74) is 0. The molecule has 0 spiro atoms. The molecular weight excluding hydrogens is 140 g/mol. The molecule has 0 saturated carbocycles. The fourth-order valence-electron chi connectivity index (χ4n) is 0.807. The Kier molecular flexibility index (Phi) is 7.26. The van der Waals surface area contributed by atoms with Gasteiger partial charge in [-0.25, -0.2) is 0 Å². The number of ether oxygens (including phenoxy) is 1. The average Bonchev–Trinajstić information content (AvgIpc) is 2.05. The zero-order valence-electron chi connectivity index (χ0n) is 7.47. The molecule has 0 aliphatic carbocycles. The van der Waals surface area contributed by atoms with Gasteiger partial charge in [0.05, 0.1) is 12.4 Å². The van der Waals surface area contributed by atoms with E-state index in [0.717, 1.165) is 31.6 Å². The summed E-state index contributed by atoms with van der Waals surface area (Å²) in [5.74, 6) is 1.04. The zero-order valence-corrected chi connectivity index (χ0v) is 7.47. The van der Waals surface area contributed by atoms with Crippen molar-refractivity contribution in [3.05, 3.63) is 11.8 Å². The van der Waals surface area contributed by atoms with E-state index in [1.807, 2.05) is 13.0 Å². The van der Waals surface area contributed by atoms with Crippen LogP contribution in [-0.2, 0) is 4.74 Å². The molecule has 0 aromatic carbocycles. The van der Waals surface area contributed by atoms with Gasteiger partial charge in [0.15, 0.2) is 0 Å². The standard InChI is InChI=1S/C9H18O2/c1-3-9(4-2)11-8-6-5-7-10/h3,10H,4-8H2,1-2H3. The highest BCUT2D eigenvalue weighted by Gasteiger charge is 1.91. The lowest BCUT2D eigenvalue weighted by atomic mass is 10.3. The molecule has 11 heavy (non-hydrogen) atoms. The fraction of sp³-hybridized carbons (Fsp3) is 0.778. The van der Waals surface area contributed by atoms with Crippen molar-refractivity contribution >= 4 is 0 Å². The first-order valence-electron chi connectivity index (χ1n) is 4.24. The van der Waals surface area contributed by atoms with Crippen molar-refractivity contribution < 1.29 is 9.84 Å². The molecular formula is C9H18O2. The highest BCUT2D eigenvalue weighted by molar-refractivity contribution is 4.88. The quantitative estimate of drug-likeness (QED) is 0.474. The van der Waals surface area contributed by atoms with Crippen molar-refractivity contribution in [2.24, 2.45) is 0 Å². The van der Waals surface area contributed by atoms with E-state index < -0.39 is 0 Å². The predicted octanol–water partition coefficient (Wildman–Crippen LogP) is 2.09. The lowest BCUT2D eigenvalue weighted by Gasteiger charge is -2.06. The molecule has 1 N–H and O–H groups in total. The minimum atomic E-state index is 0.265. The molecule has 0 aliphatic rings. The second-order valence-electron chi connectivity index (χ2n) is 2.39. The van der Waals surface area contributed by atoms with Crippen molar-refractivity contribution in [2.45, 2.75) is 33.1 Å². The predicted molar refractivity (Wildman–Crippen MR) is 46.3 cm³/mol. The second-order valence-corrected chi connectivity index (χ2v) is 2.39. The third-order valence-electron chi connectivity index (χ3n) is 1.51. The van der Waals surface area contributed by atoms with Crippen molar-refractivity contribution in [1.82, 2.24) is 0 Å². The third-order valence-corrected chi connectivity index (χ3v) is 1.51. The molecule has 0 unspecified atom stereocenters. The summed E-state index contributed by atoms with van der Waals surface area (Å²) in [5, 5.41) is 8.48. The summed E-state index contributed by atoms with van der Waals surface area (Å²) >= 11 is 0. The van der Waals surface area contributed by atoms with E-state index in [0.29, 0.717) is 0 Å². The van der Waals surface area contributed by atoms with E-state index in [2.05, 4.69) is 6.92 Å². The molecule has 2 heteroatoms. The number of allylic oxidation sites excluding steroid dienone is 2. The Bertz CT molecular complexity index is 108. The van der Waals surface area contributed by atoms with Crippen LogP contribution >= 0.6 is 0 Å². The van der Waals surface area contributed by atoms with Gasteiger partial charge < -0.3 is 9.84 Å². The number of hydrogen-bond acceptors (Lipinski definition) is 2. The van der Waals surface area contributed by atoms with Gasteiger partial charge in [0.1, 0.15) is 0 Å². The molecule has 0 aromatic rings. The van der Waals surface area contributed by atoms with Crippen LogP contribution in [0.15, 0.2) is 11.8 Å². The maximum Gasteiger partial charge on any atom is 0.0914 e. The molecule has 2 nitrogen and oxygen atoms in total. The highest BCUT2D eigenvalue weighted by Crippen LogP contribution is 2.03. The normalized spacial score (nSPS) is 11.7. The lowest BCUT2D eigenvalue weighted by molar-refractivity contribution is 0.186. The van der Waals surface area contributed by atoms with E-state index in [9.17, 15) is 0 Å². The number of hydrogen-bond donors (Lipinski definition) is 1. The van der Waals surface area contributed by atoms with Gasteiger partial charge in [0.25, 0.3) is 0 Å². The SMILES string of the molecule is CC=C(CC)OCCCCO. The number of aliphatic hydroxyl groups is 1. The van der Waals surface area contributed by atoms with Crippen LogP contribution in [0.25, 0.3) is 0 Å². The van der Waals surface area contributed by atoms with Crippen LogP contribution in [0.4, 0.5) is 0 Å². The first kappa shape index (κ1) is 10.5. The number of rotatable bonds is 6. The minimum absolute atomic E-state index is 0.265. The van der Waals surface area contributed by atoms with E-state index in [-0.39, 0.29) is 6.61 Å². The van der Waals surface area contributed by atoms with Crippen LogP contribution in [0.5, 0.6) is 0 Å². The summed E-state index contributed by atoms with van der Waals surface area (Å²) in [7, 11) is 0. The van der Waals surface area contributed by atoms with Gasteiger partial charge in [-0.05, 0) is 25.8 Å². The number of aliphatic hydroxyl groups excluding tert-OH is 1. The van der Waals surface area contributed by atoms with Gasteiger partial charge in [-0.2, -0.15) is 0 Å². The molecule has 0 bridgehead atoms. The van der Waals surface area contributed by atoms with Crippen LogP contribution < -0.4 is 0 Å². The highest BCUT2D eigenvalue weighted by atomic mass is 16.5. The second kappa shape index (κ2) is 7.61. The van der Waals surface area contributed by atoms with Crippen LogP contribution in [0.2, 0.25) is 0 Å². The van der Waals surface area contributed by atoms with E-state index in [4.69, 9.17) is 9.84 Å². The molecule has 0 aromatic heterocycles. The Labute approximate surface area is 68.9 Å². The van der Waals surface area contributed by atoms with Crippen LogP contribution in [0, 0.1) is 0 Å². The van der Waals surface area contributed by atoms with Gasteiger partial charge in [-0.15, -0.1) is 0 Å². The summed E-state index contributed by atoms with van der Waals surface area (Å²) in [4.78, 5) is 0. The van der Waals surface area contributed by atoms with Crippen molar-refractivity contribution in [2.75, 3.05) is 13.2 Å². The minimum Gasteiger partial charge on any atom is -0.498 e. The Balaban J connectivity index is 3.22. The largest absolute Gasteiger partial charge is 0.498 e. The summed E-state index contributed by atoms with van der Waals surface area (Å²) in [6.07, 6.45) is 4.71. The molecule has 0 saturated heterocycles. The Morgan fingerprint density at radius 1 is 1.45 bits per heavy atom. The third kappa shape index (κ3) is 5.92. The fourth-order valence-corrected chi connectivity index (χ4v) is 0.807. The van der Waals surface area contributed by atoms with Crippen molar-refractivity contribution in [3.8, 4) is 0 Å². The smallest absolute Gasteiger partial charge is 0.0914 e. The lowest BCUT2D eigenvalue weighted by Crippen LogP contribution is -1.95. The van der Waals surface area contributed by atoms with Crippen LogP contribution in [0.1, 0.15) is 33.1 Å². The summed E-state index contributed by atoms with van der Waals surface area (Å²) < 4.78 is 5.39.